The van der Waals surface area contributed by atoms with E-state index in [2.05, 4.69) is 10.0 Å². The van der Waals surface area contributed by atoms with Crippen LogP contribution in [-0.4, -0.2) is 40.2 Å². The minimum Gasteiger partial charge on any atom is -0.355 e. The molecule has 1 unspecified atom stereocenters. The van der Waals surface area contributed by atoms with E-state index < -0.39 is 10.0 Å². The van der Waals surface area contributed by atoms with E-state index in [9.17, 15) is 13.2 Å². The Morgan fingerprint density at radius 2 is 1.83 bits per heavy atom. The molecule has 0 saturated carbocycles. The Morgan fingerprint density at radius 1 is 1.28 bits per heavy atom. The molecule has 0 aliphatic heterocycles. The van der Waals surface area contributed by atoms with Gasteiger partial charge in [0.15, 0.2) is 0 Å². The molecule has 4 N–H and O–H groups in total. The van der Waals surface area contributed by atoms with E-state index in [0.717, 1.165) is 6.26 Å². The third kappa shape index (κ3) is 9.38. The predicted octanol–water partition coefficient (Wildman–Crippen LogP) is -0.337. The summed E-state index contributed by atoms with van der Waals surface area (Å²) in [5, 5.41) is 2.68. The van der Waals surface area contributed by atoms with Crippen LogP contribution in [0.3, 0.4) is 0 Å². The number of hydrogen-bond acceptors (Lipinski definition) is 4. The molecule has 0 saturated heterocycles. The maximum absolute atomic E-state index is 11.8. The van der Waals surface area contributed by atoms with Crippen LogP contribution in [0.5, 0.6) is 0 Å². The number of rotatable bonds is 7. The van der Waals surface area contributed by atoms with Crippen molar-refractivity contribution in [2.24, 2.45) is 17.1 Å². The summed E-state index contributed by atoms with van der Waals surface area (Å²) < 4.78 is 23.9. The molecule has 0 aliphatic rings. The van der Waals surface area contributed by atoms with Gasteiger partial charge in [-0.15, -0.1) is 0 Å². The van der Waals surface area contributed by atoms with Gasteiger partial charge in [0, 0.05) is 19.6 Å². The molecule has 0 aromatic rings. The zero-order valence-corrected chi connectivity index (χ0v) is 12.4. The fraction of sp³-hybridized carbons (Fsp3) is 0.909. The lowest BCUT2D eigenvalue weighted by Crippen LogP contribution is -2.40. The van der Waals surface area contributed by atoms with Gasteiger partial charge >= 0.3 is 0 Å². The second-order valence-electron chi connectivity index (χ2n) is 5.65. The van der Waals surface area contributed by atoms with Crippen LogP contribution < -0.4 is 15.8 Å². The summed E-state index contributed by atoms with van der Waals surface area (Å²) in [6.07, 6.45) is 1.78. The Bertz CT molecular complexity index is 360. The van der Waals surface area contributed by atoms with Gasteiger partial charge in [-0.3, -0.25) is 4.79 Å². The fourth-order valence-corrected chi connectivity index (χ4v) is 2.06. The van der Waals surface area contributed by atoms with E-state index in [1.807, 2.05) is 20.8 Å². The lowest BCUT2D eigenvalue weighted by Gasteiger charge is -2.24. The van der Waals surface area contributed by atoms with Crippen LogP contribution in [0.4, 0.5) is 0 Å². The monoisotopic (exact) mass is 279 g/mol. The largest absolute Gasteiger partial charge is 0.355 e. The second-order valence-corrected chi connectivity index (χ2v) is 7.49. The first-order valence-corrected chi connectivity index (χ1v) is 7.87. The van der Waals surface area contributed by atoms with Gasteiger partial charge in [-0.1, -0.05) is 20.8 Å². The van der Waals surface area contributed by atoms with Crippen LogP contribution >= 0.6 is 0 Å². The van der Waals surface area contributed by atoms with E-state index in [-0.39, 0.29) is 30.3 Å². The summed E-state index contributed by atoms with van der Waals surface area (Å²) in [4.78, 5) is 11.8. The summed E-state index contributed by atoms with van der Waals surface area (Å²) in [5.41, 5.74) is 5.62. The van der Waals surface area contributed by atoms with E-state index in [4.69, 9.17) is 5.73 Å². The SMILES string of the molecule is CC(C)(C)CC(CN)C(=O)NCCNS(C)(=O)=O. The normalized spacial score (nSPS) is 14.3. The second kappa shape index (κ2) is 7.06. The Hall–Kier alpha value is -0.660. The van der Waals surface area contributed by atoms with Gasteiger partial charge in [-0.05, 0) is 11.8 Å². The highest BCUT2D eigenvalue weighted by molar-refractivity contribution is 7.88. The fourth-order valence-electron chi connectivity index (χ4n) is 1.59. The first-order valence-electron chi connectivity index (χ1n) is 5.97. The molecule has 0 rings (SSSR count). The molecule has 0 aliphatic carbocycles. The van der Waals surface area contributed by atoms with Crippen LogP contribution in [0.1, 0.15) is 27.2 Å². The van der Waals surface area contributed by atoms with Crippen molar-refractivity contribution in [1.29, 1.82) is 0 Å². The standard InChI is InChI=1S/C11H25N3O3S/c1-11(2,3)7-9(8-12)10(15)13-5-6-14-18(4,16)17/h9,14H,5-8,12H2,1-4H3,(H,13,15). The van der Waals surface area contributed by atoms with Crippen molar-refractivity contribution in [3.8, 4) is 0 Å². The van der Waals surface area contributed by atoms with E-state index in [0.29, 0.717) is 13.0 Å². The van der Waals surface area contributed by atoms with E-state index >= 15 is 0 Å². The van der Waals surface area contributed by atoms with Crippen molar-refractivity contribution in [2.45, 2.75) is 27.2 Å². The first-order chi connectivity index (χ1) is 8.05. The van der Waals surface area contributed by atoms with Crippen molar-refractivity contribution in [1.82, 2.24) is 10.0 Å². The predicted molar refractivity (Wildman–Crippen MR) is 72.5 cm³/mol. The minimum atomic E-state index is -3.20. The Labute approximate surface area is 110 Å². The highest BCUT2D eigenvalue weighted by atomic mass is 32.2. The van der Waals surface area contributed by atoms with Gasteiger partial charge in [0.25, 0.3) is 0 Å². The molecule has 0 radical (unpaired) electrons. The van der Waals surface area contributed by atoms with Crippen LogP contribution in [-0.2, 0) is 14.8 Å². The number of carbonyl (C=O) groups excluding carboxylic acids is 1. The molecule has 7 heteroatoms. The molecular formula is C11H25N3O3S. The molecular weight excluding hydrogens is 254 g/mol. The zero-order valence-electron chi connectivity index (χ0n) is 11.6. The Balaban J connectivity index is 4.06. The van der Waals surface area contributed by atoms with Gasteiger partial charge in [-0.25, -0.2) is 13.1 Å². The van der Waals surface area contributed by atoms with Gasteiger partial charge in [0.1, 0.15) is 0 Å². The van der Waals surface area contributed by atoms with Crippen molar-refractivity contribution in [3.05, 3.63) is 0 Å². The average Bonchev–Trinajstić information content (AvgIpc) is 2.18. The lowest BCUT2D eigenvalue weighted by atomic mass is 9.84. The molecule has 0 bridgehead atoms. The van der Waals surface area contributed by atoms with Crippen molar-refractivity contribution in [3.63, 3.8) is 0 Å². The molecule has 0 heterocycles. The van der Waals surface area contributed by atoms with Gasteiger partial charge in [-0.2, -0.15) is 0 Å². The summed E-state index contributed by atoms with van der Waals surface area (Å²) in [7, 11) is -3.20. The van der Waals surface area contributed by atoms with Gasteiger partial charge in [0.05, 0.1) is 12.2 Å². The molecule has 1 amide bonds. The Kier molecular flexibility index (Phi) is 6.80. The lowest BCUT2D eigenvalue weighted by molar-refractivity contribution is -0.125. The third-order valence-corrected chi connectivity index (χ3v) is 3.03. The molecule has 18 heavy (non-hydrogen) atoms. The molecule has 1 atom stereocenters. The highest BCUT2D eigenvalue weighted by Gasteiger charge is 2.23. The van der Waals surface area contributed by atoms with Crippen LogP contribution in [0.2, 0.25) is 0 Å². The molecule has 0 fully saturated rings. The van der Waals surface area contributed by atoms with Gasteiger partial charge < -0.3 is 11.1 Å². The third-order valence-electron chi connectivity index (χ3n) is 2.30. The summed E-state index contributed by atoms with van der Waals surface area (Å²) >= 11 is 0. The van der Waals surface area contributed by atoms with Crippen LogP contribution in [0.25, 0.3) is 0 Å². The smallest absolute Gasteiger partial charge is 0.224 e. The molecule has 108 valence electrons. The van der Waals surface area contributed by atoms with E-state index in [1.165, 1.54) is 0 Å². The molecule has 0 spiro atoms. The summed E-state index contributed by atoms with van der Waals surface area (Å²) in [6, 6.07) is 0. The minimum absolute atomic E-state index is 0.0341. The highest BCUT2D eigenvalue weighted by Crippen LogP contribution is 2.23. The molecule has 0 aromatic carbocycles. The number of carbonyl (C=O) groups is 1. The van der Waals surface area contributed by atoms with Gasteiger partial charge in [0.2, 0.25) is 15.9 Å². The maximum atomic E-state index is 11.8. The zero-order chi connectivity index (χ0) is 14.4. The first kappa shape index (κ1) is 17.3. The maximum Gasteiger partial charge on any atom is 0.224 e. The van der Waals surface area contributed by atoms with Crippen LogP contribution in [0.15, 0.2) is 0 Å². The number of sulfonamides is 1. The Morgan fingerprint density at radius 3 is 2.22 bits per heavy atom. The van der Waals surface area contributed by atoms with Crippen molar-refractivity contribution < 1.29 is 13.2 Å². The van der Waals surface area contributed by atoms with Crippen LogP contribution in [0, 0.1) is 11.3 Å². The quantitative estimate of drug-likeness (QED) is 0.555. The molecule has 6 nitrogen and oxygen atoms in total. The van der Waals surface area contributed by atoms with E-state index in [1.54, 1.807) is 0 Å². The molecule has 0 aromatic heterocycles. The topological polar surface area (TPSA) is 101 Å². The van der Waals surface area contributed by atoms with Crippen molar-refractivity contribution >= 4 is 15.9 Å². The average molecular weight is 279 g/mol. The summed E-state index contributed by atoms with van der Waals surface area (Å²) in [6.45, 7) is 6.91. The number of hydrogen-bond donors (Lipinski definition) is 3. The summed E-state index contributed by atoms with van der Waals surface area (Å²) in [5.74, 6) is -0.356. The number of nitrogens with two attached hydrogens (primary N) is 1. The van der Waals surface area contributed by atoms with Crippen molar-refractivity contribution in [2.75, 3.05) is 25.9 Å². The number of nitrogens with one attached hydrogen (secondary N) is 2. The number of amides is 1.